The standard InChI is InChI=1S/C43H41F3N4O2/c1-26-12-14-36(28(3)19-26)49(37-15-13-27(2)20-29(37)4)30-21-31(50(43(5,6)7)39-11-9-10-17-48-39)23-33(22-30)52-38-25-34(40(44)42(46)41(38)45)35-24-32(51-8)16-18-47-35/h9-25H,1-8H3. The molecule has 6 aromatic rings. The number of hydrogen-bond acceptors (Lipinski definition) is 6. The molecule has 0 bridgehead atoms. The van der Waals surface area contributed by atoms with Crippen molar-refractivity contribution in [3.8, 4) is 28.5 Å². The number of hydrogen-bond donors (Lipinski definition) is 0. The number of anilines is 5. The molecule has 0 fully saturated rings. The Balaban J connectivity index is 1.61. The summed E-state index contributed by atoms with van der Waals surface area (Å²) in [6, 6.07) is 27.8. The number of aryl methyl sites for hydroxylation is 4. The van der Waals surface area contributed by atoms with Crippen molar-refractivity contribution in [1.29, 1.82) is 0 Å². The summed E-state index contributed by atoms with van der Waals surface area (Å²) < 4.78 is 57.8. The van der Waals surface area contributed by atoms with E-state index >= 15 is 13.2 Å². The van der Waals surface area contributed by atoms with Crippen LogP contribution in [0.4, 0.5) is 41.7 Å². The summed E-state index contributed by atoms with van der Waals surface area (Å²) in [7, 11) is 1.45. The van der Waals surface area contributed by atoms with Crippen LogP contribution in [0.25, 0.3) is 11.3 Å². The fraction of sp³-hybridized carbons (Fsp3) is 0.209. The highest BCUT2D eigenvalue weighted by Crippen LogP contribution is 2.45. The molecule has 9 heteroatoms. The Kier molecular flexibility index (Phi) is 9.98. The van der Waals surface area contributed by atoms with Crippen LogP contribution in [0.1, 0.15) is 43.0 Å². The van der Waals surface area contributed by atoms with E-state index in [4.69, 9.17) is 9.47 Å². The van der Waals surface area contributed by atoms with Crippen molar-refractivity contribution in [1.82, 2.24) is 9.97 Å². The highest BCUT2D eigenvalue weighted by molar-refractivity contribution is 5.84. The fourth-order valence-electron chi connectivity index (χ4n) is 6.41. The summed E-state index contributed by atoms with van der Waals surface area (Å²) in [6.07, 6.45) is 3.12. The fourth-order valence-corrected chi connectivity index (χ4v) is 6.41. The number of aromatic nitrogens is 2. The lowest BCUT2D eigenvalue weighted by atomic mass is 10.0. The number of pyridine rings is 2. The van der Waals surface area contributed by atoms with Crippen LogP contribution in [0.15, 0.2) is 103 Å². The minimum absolute atomic E-state index is 0.0555. The quantitative estimate of drug-likeness (QED) is 0.140. The Morgan fingerprint density at radius 3 is 1.85 bits per heavy atom. The number of methoxy groups -OCH3 is 1. The Bertz CT molecular complexity index is 2200. The third-order valence-electron chi connectivity index (χ3n) is 8.71. The van der Waals surface area contributed by atoms with Gasteiger partial charge in [-0.3, -0.25) is 4.98 Å². The highest BCUT2D eigenvalue weighted by Gasteiger charge is 2.28. The third-order valence-corrected chi connectivity index (χ3v) is 8.71. The van der Waals surface area contributed by atoms with Crippen LogP contribution in [0.2, 0.25) is 0 Å². The lowest BCUT2D eigenvalue weighted by Gasteiger charge is -2.38. The van der Waals surface area contributed by atoms with Gasteiger partial charge in [-0.15, -0.1) is 0 Å². The van der Waals surface area contributed by atoms with E-state index in [0.29, 0.717) is 22.9 Å². The van der Waals surface area contributed by atoms with Gasteiger partial charge in [0.1, 0.15) is 17.3 Å². The summed E-state index contributed by atoms with van der Waals surface area (Å²) in [6.45, 7) is 14.4. The van der Waals surface area contributed by atoms with E-state index in [0.717, 1.165) is 39.7 Å². The van der Waals surface area contributed by atoms with Crippen molar-refractivity contribution in [2.45, 2.75) is 54.0 Å². The van der Waals surface area contributed by atoms with Gasteiger partial charge in [0.15, 0.2) is 17.4 Å². The Labute approximate surface area is 303 Å². The molecule has 4 aromatic carbocycles. The van der Waals surface area contributed by atoms with Crippen molar-refractivity contribution in [2.24, 2.45) is 0 Å². The van der Waals surface area contributed by atoms with Crippen LogP contribution in [0.5, 0.6) is 17.2 Å². The minimum Gasteiger partial charge on any atom is -0.497 e. The molecular weight excluding hydrogens is 661 g/mol. The predicted molar refractivity (Wildman–Crippen MR) is 202 cm³/mol. The van der Waals surface area contributed by atoms with Gasteiger partial charge in [0.2, 0.25) is 5.82 Å². The lowest BCUT2D eigenvalue weighted by molar-refractivity contribution is 0.395. The Hall–Kier alpha value is -5.83. The van der Waals surface area contributed by atoms with E-state index in [1.54, 1.807) is 24.4 Å². The summed E-state index contributed by atoms with van der Waals surface area (Å²) in [5.41, 5.74) is 6.79. The topological polar surface area (TPSA) is 50.7 Å². The second-order valence-corrected chi connectivity index (χ2v) is 13.8. The van der Waals surface area contributed by atoms with Crippen molar-refractivity contribution >= 4 is 28.6 Å². The molecule has 0 saturated carbocycles. The largest absolute Gasteiger partial charge is 0.497 e. The van der Waals surface area contributed by atoms with Gasteiger partial charge in [-0.1, -0.05) is 41.5 Å². The van der Waals surface area contributed by atoms with E-state index in [-0.39, 0.29) is 17.0 Å². The van der Waals surface area contributed by atoms with Crippen LogP contribution >= 0.6 is 0 Å². The molecule has 0 radical (unpaired) electrons. The molecule has 6 rings (SSSR count). The molecule has 0 amide bonds. The molecule has 2 heterocycles. The van der Waals surface area contributed by atoms with E-state index in [1.807, 2.05) is 38.1 Å². The molecule has 266 valence electrons. The van der Waals surface area contributed by atoms with Crippen LogP contribution < -0.4 is 19.3 Å². The van der Waals surface area contributed by atoms with Crippen LogP contribution in [-0.4, -0.2) is 22.6 Å². The molecule has 52 heavy (non-hydrogen) atoms. The maximum absolute atomic E-state index is 15.7. The number of ether oxygens (including phenoxy) is 2. The zero-order chi connectivity index (χ0) is 37.3. The third kappa shape index (κ3) is 7.30. The van der Waals surface area contributed by atoms with Gasteiger partial charge >= 0.3 is 0 Å². The number of halogens is 3. The number of benzene rings is 4. The average molecular weight is 703 g/mol. The summed E-state index contributed by atoms with van der Waals surface area (Å²) in [5, 5.41) is 0. The first kappa shape index (κ1) is 36.0. The molecule has 0 aliphatic heterocycles. The summed E-state index contributed by atoms with van der Waals surface area (Å²) >= 11 is 0. The zero-order valence-electron chi connectivity index (χ0n) is 30.6. The summed E-state index contributed by atoms with van der Waals surface area (Å²) in [5.74, 6) is -3.79. The molecule has 6 nitrogen and oxygen atoms in total. The van der Waals surface area contributed by atoms with Gasteiger partial charge in [-0.05, 0) is 102 Å². The molecule has 0 spiro atoms. The van der Waals surface area contributed by atoms with Crippen LogP contribution in [0, 0.1) is 45.1 Å². The molecular formula is C43H41F3N4O2. The van der Waals surface area contributed by atoms with Gasteiger partial charge in [-0.25, -0.2) is 13.8 Å². The van der Waals surface area contributed by atoms with Crippen LogP contribution in [-0.2, 0) is 0 Å². The second kappa shape index (κ2) is 14.4. The number of rotatable bonds is 9. The highest BCUT2D eigenvalue weighted by atomic mass is 19.2. The average Bonchev–Trinajstić information content (AvgIpc) is 3.10. The Morgan fingerprint density at radius 1 is 0.615 bits per heavy atom. The van der Waals surface area contributed by atoms with Crippen LogP contribution in [0.3, 0.4) is 0 Å². The van der Waals surface area contributed by atoms with Crippen molar-refractivity contribution in [2.75, 3.05) is 16.9 Å². The number of nitrogens with zero attached hydrogens (tertiary/aromatic N) is 4. The van der Waals surface area contributed by atoms with Gasteiger partial charge in [0, 0.05) is 58.8 Å². The predicted octanol–water partition coefficient (Wildman–Crippen LogP) is 12.0. The minimum atomic E-state index is -1.68. The lowest BCUT2D eigenvalue weighted by Crippen LogP contribution is -2.38. The molecule has 0 saturated heterocycles. The molecule has 0 N–H and O–H groups in total. The van der Waals surface area contributed by atoms with E-state index < -0.39 is 28.7 Å². The van der Waals surface area contributed by atoms with Gasteiger partial charge in [0.05, 0.1) is 18.5 Å². The second-order valence-electron chi connectivity index (χ2n) is 13.8. The first-order valence-corrected chi connectivity index (χ1v) is 16.9. The molecule has 2 aromatic heterocycles. The molecule has 0 aliphatic rings. The van der Waals surface area contributed by atoms with E-state index in [2.05, 4.69) is 90.8 Å². The monoisotopic (exact) mass is 702 g/mol. The summed E-state index contributed by atoms with van der Waals surface area (Å²) in [4.78, 5) is 13.0. The maximum Gasteiger partial charge on any atom is 0.204 e. The smallest absolute Gasteiger partial charge is 0.204 e. The zero-order valence-corrected chi connectivity index (χ0v) is 30.6. The first-order valence-electron chi connectivity index (χ1n) is 16.9. The Morgan fingerprint density at radius 2 is 1.27 bits per heavy atom. The van der Waals surface area contributed by atoms with Gasteiger partial charge in [-0.2, -0.15) is 4.39 Å². The van der Waals surface area contributed by atoms with Crippen molar-refractivity contribution < 1.29 is 22.6 Å². The maximum atomic E-state index is 15.7. The van der Waals surface area contributed by atoms with E-state index in [9.17, 15) is 0 Å². The molecule has 0 unspecified atom stereocenters. The first-order chi connectivity index (χ1) is 24.7. The molecule has 0 aliphatic carbocycles. The van der Waals surface area contributed by atoms with Crippen molar-refractivity contribution in [3.05, 3.63) is 143 Å². The van der Waals surface area contributed by atoms with Crippen molar-refractivity contribution in [3.63, 3.8) is 0 Å². The SMILES string of the molecule is COc1ccnc(-c2cc(Oc3cc(N(c4ccc(C)cc4C)c4ccc(C)cc4C)cc(N(c4ccccn4)C(C)(C)C)c3)c(F)c(F)c2F)c1. The van der Waals surface area contributed by atoms with Gasteiger partial charge < -0.3 is 19.3 Å². The van der Waals surface area contributed by atoms with Gasteiger partial charge in [0.25, 0.3) is 0 Å². The van der Waals surface area contributed by atoms with E-state index in [1.165, 1.54) is 19.4 Å². The molecule has 0 atom stereocenters. The normalized spacial score (nSPS) is 11.4.